The summed E-state index contributed by atoms with van der Waals surface area (Å²) in [5, 5.41) is 1.23. The van der Waals surface area contributed by atoms with Crippen LogP contribution in [0.1, 0.15) is 5.82 Å². The van der Waals surface area contributed by atoms with E-state index in [1.807, 2.05) is 0 Å². The van der Waals surface area contributed by atoms with E-state index in [9.17, 15) is 4.79 Å². The third kappa shape index (κ3) is 2.93. The van der Waals surface area contributed by atoms with E-state index in [4.69, 9.17) is 9.47 Å². The SMILES string of the molecule is C=c1nc(C)n(CC(=O)OCCOC)c1=C. The highest BCUT2D eigenvalue weighted by Crippen LogP contribution is 1.89. The molecule has 0 unspecified atom stereocenters. The number of aromatic nitrogens is 2. The van der Waals surface area contributed by atoms with Crippen LogP contribution in [0.4, 0.5) is 0 Å². The van der Waals surface area contributed by atoms with Crippen LogP contribution in [0.5, 0.6) is 0 Å². The smallest absolute Gasteiger partial charge is 0.326 e. The van der Waals surface area contributed by atoms with Crippen molar-refractivity contribution in [3.05, 3.63) is 16.5 Å². The molecule has 1 aromatic rings. The standard InChI is InChI=1S/C11H16N2O3/c1-8-9(2)13(10(3)12-8)7-11(14)16-6-5-15-4/h1-2,5-7H2,3-4H3. The molecule has 0 atom stereocenters. The van der Waals surface area contributed by atoms with Gasteiger partial charge in [-0.1, -0.05) is 13.2 Å². The number of aryl methyl sites for hydroxylation is 1. The molecule has 0 fully saturated rings. The molecule has 0 aliphatic carbocycles. The summed E-state index contributed by atoms with van der Waals surface area (Å²) in [6.07, 6.45) is 0. The zero-order valence-electron chi connectivity index (χ0n) is 9.65. The molecule has 5 heteroatoms. The Kier molecular flexibility index (Phi) is 4.25. The van der Waals surface area contributed by atoms with Crippen LogP contribution in [0.15, 0.2) is 0 Å². The number of hydrogen-bond donors (Lipinski definition) is 0. The largest absolute Gasteiger partial charge is 0.462 e. The summed E-state index contributed by atoms with van der Waals surface area (Å²) in [6, 6.07) is 0. The molecule has 16 heavy (non-hydrogen) atoms. The van der Waals surface area contributed by atoms with Gasteiger partial charge in [-0.25, -0.2) is 4.98 Å². The lowest BCUT2D eigenvalue weighted by molar-refractivity contribution is -0.145. The fourth-order valence-electron chi connectivity index (χ4n) is 1.29. The molecule has 0 aromatic carbocycles. The molecule has 0 N–H and O–H groups in total. The van der Waals surface area contributed by atoms with Crippen molar-refractivity contribution in [2.24, 2.45) is 0 Å². The topological polar surface area (TPSA) is 53.4 Å². The average molecular weight is 224 g/mol. The molecule has 1 aromatic heterocycles. The maximum absolute atomic E-state index is 11.4. The second kappa shape index (κ2) is 5.46. The third-order valence-corrected chi connectivity index (χ3v) is 2.18. The van der Waals surface area contributed by atoms with Gasteiger partial charge < -0.3 is 14.0 Å². The van der Waals surface area contributed by atoms with Crippen LogP contribution in [0, 0.1) is 6.92 Å². The molecule has 0 bridgehead atoms. The van der Waals surface area contributed by atoms with E-state index in [2.05, 4.69) is 18.1 Å². The quantitative estimate of drug-likeness (QED) is 0.485. The maximum atomic E-state index is 11.4. The zero-order valence-corrected chi connectivity index (χ0v) is 9.65. The summed E-state index contributed by atoms with van der Waals surface area (Å²) < 4.78 is 11.4. The normalized spacial score (nSPS) is 10.4. The molecule has 88 valence electrons. The number of nitrogens with zero attached hydrogens (tertiary/aromatic N) is 2. The molecular formula is C11H16N2O3. The number of methoxy groups -OCH3 is 1. The van der Waals surface area contributed by atoms with E-state index < -0.39 is 0 Å². The zero-order chi connectivity index (χ0) is 12.1. The molecule has 0 spiro atoms. The Morgan fingerprint density at radius 2 is 2.12 bits per heavy atom. The van der Waals surface area contributed by atoms with Crippen LogP contribution in [-0.2, 0) is 20.8 Å². The molecule has 1 heterocycles. The van der Waals surface area contributed by atoms with Crippen LogP contribution >= 0.6 is 0 Å². The number of ether oxygens (including phenoxy) is 2. The summed E-state index contributed by atoms with van der Waals surface area (Å²) in [7, 11) is 1.55. The van der Waals surface area contributed by atoms with Gasteiger partial charge in [0.15, 0.2) is 0 Å². The first-order valence-electron chi connectivity index (χ1n) is 4.92. The van der Waals surface area contributed by atoms with Gasteiger partial charge in [0.05, 0.1) is 17.3 Å². The van der Waals surface area contributed by atoms with Gasteiger partial charge in [0.2, 0.25) is 0 Å². The van der Waals surface area contributed by atoms with Crippen LogP contribution in [0.25, 0.3) is 13.2 Å². The molecule has 0 saturated carbocycles. The van der Waals surface area contributed by atoms with E-state index in [1.165, 1.54) is 0 Å². The minimum Gasteiger partial charge on any atom is -0.462 e. The fourth-order valence-corrected chi connectivity index (χ4v) is 1.29. The van der Waals surface area contributed by atoms with Crippen molar-refractivity contribution in [1.29, 1.82) is 0 Å². The molecule has 5 nitrogen and oxygen atoms in total. The highest BCUT2D eigenvalue weighted by molar-refractivity contribution is 5.69. The van der Waals surface area contributed by atoms with Gasteiger partial charge in [-0.05, 0) is 6.92 Å². The van der Waals surface area contributed by atoms with Gasteiger partial charge in [-0.15, -0.1) is 0 Å². The summed E-state index contributed by atoms with van der Waals surface area (Å²) in [6.45, 7) is 10.1. The third-order valence-electron chi connectivity index (χ3n) is 2.18. The maximum Gasteiger partial charge on any atom is 0.326 e. The summed E-state index contributed by atoms with van der Waals surface area (Å²) in [4.78, 5) is 15.5. The highest BCUT2D eigenvalue weighted by atomic mass is 16.6. The number of carbonyl (C=O) groups is 1. The van der Waals surface area contributed by atoms with Gasteiger partial charge in [0, 0.05) is 7.11 Å². The van der Waals surface area contributed by atoms with Gasteiger partial charge in [0.1, 0.15) is 19.0 Å². The van der Waals surface area contributed by atoms with Crippen LogP contribution < -0.4 is 10.7 Å². The second-order valence-corrected chi connectivity index (χ2v) is 3.35. The van der Waals surface area contributed by atoms with E-state index in [0.717, 1.165) is 0 Å². The van der Waals surface area contributed by atoms with Crippen molar-refractivity contribution < 1.29 is 14.3 Å². The molecule has 0 aliphatic rings. The Morgan fingerprint density at radius 3 is 2.62 bits per heavy atom. The van der Waals surface area contributed by atoms with Crippen LogP contribution in [-0.4, -0.2) is 35.8 Å². The number of carbonyl (C=O) groups excluding carboxylic acids is 1. The van der Waals surface area contributed by atoms with E-state index in [0.29, 0.717) is 23.1 Å². The first-order valence-corrected chi connectivity index (χ1v) is 4.92. The van der Waals surface area contributed by atoms with Gasteiger partial charge in [-0.3, -0.25) is 4.79 Å². The molecule has 0 aliphatic heterocycles. The van der Waals surface area contributed by atoms with Crippen LogP contribution in [0.2, 0.25) is 0 Å². The Balaban J connectivity index is 2.63. The lowest BCUT2D eigenvalue weighted by Gasteiger charge is -2.06. The number of esters is 1. The monoisotopic (exact) mass is 224 g/mol. The fraction of sp³-hybridized carbons (Fsp3) is 0.455. The lowest BCUT2D eigenvalue weighted by Crippen LogP contribution is -2.30. The van der Waals surface area contributed by atoms with Crippen molar-refractivity contribution >= 4 is 19.1 Å². The molecule has 1 rings (SSSR count). The van der Waals surface area contributed by atoms with Crippen LogP contribution in [0.3, 0.4) is 0 Å². The Hall–Kier alpha value is -1.62. The first kappa shape index (κ1) is 12.4. The Morgan fingerprint density at radius 1 is 1.44 bits per heavy atom. The molecule has 0 saturated heterocycles. The van der Waals surface area contributed by atoms with Crippen molar-refractivity contribution in [1.82, 2.24) is 9.55 Å². The Bertz CT molecular complexity index is 464. The molecule has 0 amide bonds. The minimum absolute atomic E-state index is 0.108. The van der Waals surface area contributed by atoms with Gasteiger partial charge in [-0.2, -0.15) is 0 Å². The van der Waals surface area contributed by atoms with Crippen molar-refractivity contribution in [3.63, 3.8) is 0 Å². The van der Waals surface area contributed by atoms with E-state index in [-0.39, 0.29) is 19.1 Å². The van der Waals surface area contributed by atoms with Crippen molar-refractivity contribution in [2.75, 3.05) is 20.3 Å². The van der Waals surface area contributed by atoms with E-state index >= 15 is 0 Å². The van der Waals surface area contributed by atoms with Gasteiger partial charge >= 0.3 is 5.97 Å². The summed E-state index contributed by atoms with van der Waals surface area (Å²) in [5.41, 5.74) is 0. The highest BCUT2D eigenvalue weighted by Gasteiger charge is 2.08. The van der Waals surface area contributed by atoms with Crippen molar-refractivity contribution in [3.8, 4) is 0 Å². The van der Waals surface area contributed by atoms with Crippen molar-refractivity contribution in [2.45, 2.75) is 13.5 Å². The molecular weight excluding hydrogens is 208 g/mol. The van der Waals surface area contributed by atoms with E-state index in [1.54, 1.807) is 18.6 Å². The second-order valence-electron chi connectivity index (χ2n) is 3.35. The summed E-state index contributed by atoms with van der Waals surface area (Å²) >= 11 is 0. The minimum atomic E-state index is -0.331. The molecule has 0 radical (unpaired) electrons. The number of hydrogen-bond acceptors (Lipinski definition) is 4. The average Bonchev–Trinajstić information content (AvgIpc) is 2.46. The predicted octanol–water partition coefficient (Wildman–Crippen LogP) is -0.798. The van der Waals surface area contributed by atoms with Gasteiger partial charge in [0.25, 0.3) is 0 Å². The summed E-state index contributed by atoms with van der Waals surface area (Å²) in [5.74, 6) is 0.376. The number of rotatable bonds is 5. The first-order chi connectivity index (χ1) is 7.56. The number of imidazole rings is 1. The lowest BCUT2D eigenvalue weighted by atomic mass is 10.5. The predicted molar refractivity (Wildman–Crippen MR) is 60.1 cm³/mol. The Labute approximate surface area is 94.0 Å².